The normalized spacial score (nSPS) is 10.8. The van der Waals surface area contributed by atoms with Crippen LogP contribution in [0.25, 0.3) is 16.9 Å². The Morgan fingerprint density at radius 3 is 2.62 bits per heavy atom. The van der Waals surface area contributed by atoms with Gasteiger partial charge in [0.2, 0.25) is 0 Å². The molecule has 1 N–H and O–H groups in total. The fourth-order valence-electron chi connectivity index (χ4n) is 2.21. The van der Waals surface area contributed by atoms with Gasteiger partial charge in [0, 0.05) is 6.20 Å². The fraction of sp³-hybridized carbons (Fsp3) is 0.0667. The largest absolute Gasteiger partial charge is 0.274 e. The molecule has 0 aliphatic rings. The van der Waals surface area contributed by atoms with Crippen LogP contribution in [0.5, 0.6) is 0 Å². The summed E-state index contributed by atoms with van der Waals surface area (Å²) in [7, 11) is 0. The zero-order valence-corrected chi connectivity index (χ0v) is 12.6. The highest BCUT2D eigenvalue weighted by atomic mass is 35.5. The van der Waals surface area contributed by atoms with Crippen LogP contribution in [0.2, 0.25) is 10.0 Å². The highest BCUT2D eigenvalue weighted by molar-refractivity contribution is 6.42. The standard InChI is InChI=1S/C15H11Cl2N3O/c1-9-14(13-4-2-3-7-18-13)15(21)19-20(9)10-5-6-11(16)12(17)8-10/h2-8H,1H3,(H,19,21). The van der Waals surface area contributed by atoms with E-state index < -0.39 is 0 Å². The van der Waals surface area contributed by atoms with Crippen LogP contribution in [0.15, 0.2) is 47.4 Å². The van der Waals surface area contributed by atoms with Gasteiger partial charge in [-0.2, -0.15) is 0 Å². The van der Waals surface area contributed by atoms with Gasteiger partial charge in [-0.25, -0.2) is 0 Å². The number of hydrogen-bond donors (Lipinski definition) is 1. The van der Waals surface area contributed by atoms with Crippen molar-refractivity contribution < 1.29 is 0 Å². The summed E-state index contributed by atoms with van der Waals surface area (Å²) in [6.07, 6.45) is 1.66. The number of H-pyrrole nitrogens is 1. The number of hydrogen-bond acceptors (Lipinski definition) is 2. The van der Waals surface area contributed by atoms with Crippen LogP contribution in [-0.2, 0) is 0 Å². The number of rotatable bonds is 2. The zero-order valence-electron chi connectivity index (χ0n) is 11.1. The molecule has 0 aliphatic carbocycles. The second-order valence-corrected chi connectivity index (χ2v) is 5.36. The van der Waals surface area contributed by atoms with Gasteiger partial charge in [-0.15, -0.1) is 0 Å². The molecule has 6 heteroatoms. The number of pyridine rings is 1. The minimum absolute atomic E-state index is 0.197. The molecule has 0 unspecified atom stereocenters. The summed E-state index contributed by atoms with van der Waals surface area (Å²) in [4.78, 5) is 16.4. The highest BCUT2D eigenvalue weighted by Gasteiger charge is 2.15. The number of benzene rings is 1. The molecule has 0 fully saturated rings. The molecule has 3 aromatic rings. The number of halogens is 2. The molecule has 0 saturated carbocycles. The maximum absolute atomic E-state index is 12.2. The molecule has 106 valence electrons. The van der Waals surface area contributed by atoms with Gasteiger partial charge in [0.05, 0.1) is 32.7 Å². The third kappa shape index (κ3) is 2.48. The summed E-state index contributed by atoms with van der Waals surface area (Å²) in [5, 5.41) is 3.70. The van der Waals surface area contributed by atoms with Crippen molar-refractivity contribution >= 4 is 23.2 Å². The van der Waals surface area contributed by atoms with E-state index in [1.807, 2.05) is 19.1 Å². The van der Waals surface area contributed by atoms with Crippen molar-refractivity contribution in [3.63, 3.8) is 0 Å². The Morgan fingerprint density at radius 1 is 1.14 bits per heavy atom. The summed E-state index contributed by atoms with van der Waals surface area (Å²) >= 11 is 11.9. The van der Waals surface area contributed by atoms with E-state index >= 15 is 0 Å². The number of aromatic nitrogens is 3. The average molecular weight is 320 g/mol. The van der Waals surface area contributed by atoms with Gasteiger partial charge in [-0.05, 0) is 37.3 Å². The Balaban J connectivity index is 2.18. The van der Waals surface area contributed by atoms with Crippen LogP contribution in [0.3, 0.4) is 0 Å². The Hall–Kier alpha value is -2.04. The van der Waals surface area contributed by atoms with Gasteiger partial charge in [0.1, 0.15) is 0 Å². The van der Waals surface area contributed by atoms with E-state index in [0.717, 1.165) is 11.4 Å². The Morgan fingerprint density at radius 2 is 1.95 bits per heavy atom. The summed E-state index contributed by atoms with van der Waals surface area (Å²) in [5.74, 6) is 0. The molecule has 0 bridgehead atoms. The van der Waals surface area contributed by atoms with E-state index in [4.69, 9.17) is 23.2 Å². The monoisotopic (exact) mass is 319 g/mol. The van der Waals surface area contributed by atoms with Gasteiger partial charge in [0.25, 0.3) is 5.56 Å². The summed E-state index contributed by atoms with van der Waals surface area (Å²) in [5.41, 5.74) is 2.48. The topological polar surface area (TPSA) is 50.7 Å². The maximum Gasteiger partial charge on any atom is 0.274 e. The lowest BCUT2D eigenvalue weighted by Gasteiger charge is -2.07. The number of nitrogens with zero attached hydrogens (tertiary/aromatic N) is 2. The first-order chi connectivity index (χ1) is 10.1. The van der Waals surface area contributed by atoms with Crippen LogP contribution in [0.1, 0.15) is 5.69 Å². The predicted octanol–water partition coefficient (Wildman–Crippen LogP) is 3.84. The third-order valence-electron chi connectivity index (χ3n) is 3.22. The first kappa shape index (κ1) is 13.9. The zero-order chi connectivity index (χ0) is 15.0. The van der Waals surface area contributed by atoms with Gasteiger partial charge in [-0.1, -0.05) is 29.3 Å². The minimum atomic E-state index is -0.197. The van der Waals surface area contributed by atoms with Crippen LogP contribution >= 0.6 is 23.2 Å². The van der Waals surface area contributed by atoms with Crippen molar-refractivity contribution in [2.75, 3.05) is 0 Å². The first-order valence-corrected chi connectivity index (χ1v) is 7.02. The predicted molar refractivity (Wildman–Crippen MR) is 84.4 cm³/mol. The second-order valence-electron chi connectivity index (χ2n) is 4.55. The van der Waals surface area contributed by atoms with Crippen LogP contribution in [-0.4, -0.2) is 14.8 Å². The minimum Gasteiger partial charge on any atom is -0.267 e. The van der Waals surface area contributed by atoms with Crippen molar-refractivity contribution in [3.8, 4) is 16.9 Å². The number of aromatic amines is 1. The molecule has 0 radical (unpaired) electrons. The molecule has 0 saturated heterocycles. The molecule has 2 aromatic heterocycles. The molecule has 0 atom stereocenters. The lowest BCUT2D eigenvalue weighted by molar-refractivity contribution is 0.834. The quantitative estimate of drug-likeness (QED) is 0.780. The van der Waals surface area contributed by atoms with Crippen molar-refractivity contribution in [1.82, 2.24) is 14.8 Å². The second kappa shape index (κ2) is 5.39. The molecule has 2 heterocycles. The Bertz CT molecular complexity index is 853. The van der Waals surface area contributed by atoms with Crippen molar-refractivity contribution in [1.29, 1.82) is 0 Å². The van der Waals surface area contributed by atoms with Gasteiger partial charge >= 0.3 is 0 Å². The summed E-state index contributed by atoms with van der Waals surface area (Å²) < 4.78 is 1.68. The van der Waals surface area contributed by atoms with Crippen molar-refractivity contribution in [2.24, 2.45) is 0 Å². The van der Waals surface area contributed by atoms with Crippen LogP contribution < -0.4 is 5.56 Å². The molecular formula is C15H11Cl2N3O. The van der Waals surface area contributed by atoms with E-state index in [0.29, 0.717) is 21.3 Å². The molecule has 0 aliphatic heterocycles. The van der Waals surface area contributed by atoms with E-state index in [2.05, 4.69) is 10.1 Å². The summed E-state index contributed by atoms with van der Waals surface area (Å²) in [6, 6.07) is 10.6. The first-order valence-electron chi connectivity index (χ1n) is 6.26. The molecule has 1 aromatic carbocycles. The van der Waals surface area contributed by atoms with E-state index in [1.54, 1.807) is 35.1 Å². The van der Waals surface area contributed by atoms with Crippen LogP contribution in [0.4, 0.5) is 0 Å². The lowest BCUT2D eigenvalue weighted by Crippen LogP contribution is -2.05. The SMILES string of the molecule is Cc1c(-c2ccccn2)c(=O)[nH]n1-c1ccc(Cl)c(Cl)c1. The maximum atomic E-state index is 12.2. The van der Waals surface area contributed by atoms with E-state index in [1.165, 1.54) is 0 Å². The highest BCUT2D eigenvalue weighted by Crippen LogP contribution is 2.26. The molecule has 4 nitrogen and oxygen atoms in total. The van der Waals surface area contributed by atoms with Crippen molar-refractivity contribution in [3.05, 3.63) is 68.7 Å². The van der Waals surface area contributed by atoms with Gasteiger partial charge in [-0.3, -0.25) is 19.6 Å². The molecule has 3 rings (SSSR count). The average Bonchev–Trinajstić information content (AvgIpc) is 2.78. The van der Waals surface area contributed by atoms with E-state index in [9.17, 15) is 4.79 Å². The van der Waals surface area contributed by atoms with Gasteiger partial charge < -0.3 is 0 Å². The smallest absolute Gasteiger partial charge is 0.267 e. The van der Waals surface area contributed by atoms with E-state index in [-0.39, 0.29) is 5.56 Å². The molecular weight excluding hydrogens is 309 g/mol. The van der Waals surface area contributed by atoms with Gasteiger partial charge in [0.15, 0.2) is 0 Å². The number of nitrogens with one attached hydrogen (secondary N) is 1. The van der Waals surface area contributed by atoms with Crippen molar-refractivity contribution in [2.45, 2.75) is 6.92 Å². The molecule has 0 amide bonds. The molecule has 21 heavy (non-hydrogen) atoms. The third-order valence-corrected chi connectivity index (χ3v) is 3.96. The lowest BCUT2D eigenvalue weighted by atomic mass is 10.1. The Kier molecular flexibility index (Phi) is 3.57. The van der Waals surface area contributed by atoms with Crippen LogP contribution in [0, 0.1) is 6.92 Å². The Labute approximate surface area is 131 Å². The summed E-state index contributed by atoms with van der Waals surface area (Å²) in [6.45, 7) is 1.85. The fourth-order valence-corrected chi connectivity index (χ4v) is 2.50. The molecule has 0 spiro atoms.